The Morgan fingerprint density at radius 2 is 1.65 bits per heavy atom. The molecule has 0 N–H and O–H groups in total. The van der Waals surface area contributed by atoms with Crippen LogP contribution in [0.4, 0.5) is 5.69 Å². The Morgan fingerprint density at radius 3 is 2.27 bits per heavy atom. The topological polar surface area (TPSA) is 36.4 Å². The van der Waals surface area contributed by atoms with Gasteiger partial charge in [0.1, 0.15) is 0 Å². The standard InChI is InChI=1S/C21H21N3OS/c1-16-22-20(15-26-16)17-7-9-18(10-8-17)21(25)24-13-11-23(12-14-24)19-5-3-2-4-6-19/h2-10,15H,11-14H2,1H3. The first-order valence-electron chi connectivity index (χ1n) is 8.82. The van der Waals surface area contributed by atoms with Gasteiger partial charge in [0.2, 0.25) is 0 Å². The highest BCUT2D eigenvalue weighted by Crippen LogP contribution is 2.23. The van der Waals surface area contributed by atoms with E-state index in [0.29, 0.717) is 0 Å². The van der Waals surface area contributed by atoms with E-state index in [4.69, 9.17) is 0 Å². The second-order valence-electron chi connectivity index (χ2n) is 6.44. The van der Waals surface area contributed by atoms with Crippen molar-refractivity contribution in [2.45, 2.75) is 6.92 Å². The predicted octanol–water partition coefficient (Wildman–Crippen LogP) is 4.08. The number of para-hydroxylation sites is 1. The summed E-state index contributed by atoms with van der Waals surface area (Å²) in [5.74, 6) is 0.110. The molecule has 0 unspecified atom stereocenters. The lowest BCUT2D eigenvalue weighted by atomic mass is 10.1. The fourth-order valence-electron chi connectivity index (χ4n) is 3.27. The lowest BCUT2D eigenvalue weighted by Crippen LogP contribution is -2.48. The van der Waals surface area contributed by atoms with Crippen molar-refractivity contribution < 1.29 is 4.79 Å². The SMILES string of the molecule is Cc1nc(-c2ccc(C(=O)N3CCN(c4ccccc4)CC3)cc2)cs1. The molecule has 0 spiro atoms. The van der Waals surface area contributed by atoms with Gasteiger partial charge >= 0.3 is 0 Å². The lowest BCUT2D eigenvalue weighted by Gasteiger charge is -2.36. The first-order chi connectivity index (χ1) is 12.7. The van der Waals surface area contributed by atoms with Crippen molar-refractivity contribution in [3.8, 4) is 11.3 Å². The average molecular weight is 363 g/mol. The molecule has 4 nitrogen and oxygen atoms in total. The van der Waals surface area contributed by atoms with Crippen LogP contribution >= 0.6 is 11.3 Å². The summed E-state index contributed by atoms with van der Waals surface area (Å²) in [4.78, 5) is 21.6. The summed E-state index contributed by atoms with van der Waals surface area (Å²) in [6.45, 7) is 5.24. The second kappa shape index (κ2) is 7.30. The van der Waals surface area contributed by atoms with E-state index in [0.717, 1.165) is 48.0 Å². The third-order valence-electron chi connectivity index (χ3n) is 4.73. The van der Waals surface area contributed by atoms with Crippen molar-refractivity contribution >= 4 is 22.9 Å². The number of amides is 1. The molecule has 1 fully saturated rings. The Hall–Kier alpha value is -2.66. The van der Waals surface area contributed by atoms with Gasteiger partial charge in [-0.15, -0.1) is 11.3 Å². The molecule has 1 saturated heterocycles. The summed E-state index contributed by atoms with van der Waals surface area (Å²) in [7, 11) is 0. The molecular weight excluding hydrogens is 342 g/mol. The Bertz CT molecular complexity index is 881. The van der Waals surface area contributed by atoms with E-state index >= 15 is 0 Å². The van der Waals surface area contributed by atoms with Crippen LogP contribution in [0.2, 0.25) is 0 Å². The van der Waals surface area contributed by atoms with Crippen molar-refractivity contribution in [1.82, 2.24) is 9.88 Å². The number of aryl methyl sites for hydroxylation is 1. The minimum atomic E-state index is 0.110. The van der Waals surface area contributed by atoms with Crippen LogP contribution in [-0.4, -0.2) is 42.0 Å². The van der Waals surface area contributed by atoms with Crippen LogP contribution in [0, 0.1) is 6.92 Å². The first-order valence-corrected chi connectivity index (χ1v) is 9.70. The normalized spacial score (nSPS) is 14.5. The number of nitrogens with zero attached hydrogens (tertiary/aromatic N) is 3. The van der Waals surface area contributed by atoms with Crippen LogP contribution < -0.4 is 4.90 Å². The molecule has 0 atom stereocenters. The van der Waals surface area contributed by atoms with Crippen molar-refractivity contribution in [2.24, 2.45) is 0 Å². The molecule has 0 radical (unpaired) electrons. The molecule has 1 amide bonds. The van der Waals surface area contributed by atoms with Gasteiger partial charge in [-0.1, -0.05) is 30.3 Å². The maximum absolute atomic E-state index is 12.8. The summed E-state index contributed by atoms with van der Waals surface area (Å²) in [5, 5.41) is 3.10. The molecule has 4 rings (SSSR count). The number of aromatic nitrogens is 1. The van der Waals surface area contributed by atoms with Gasteiger partial charge in [0.05, 0.1) is 10.7 Å². The van der Waals surface area contributed by atoms with Crippen molar-refractivity contribution in [2.75, 3.05) is 31.1 Å². The summed E-state index contributed by atoms with van der Waals surface area (Å²) >= 11 is 1.64. The number of benzene rings is 2. The van der Waals surface area contributed by atoms with Gasteiger partial charge in [-0.2, -0.15) is 0 Å². The Morgan fingerprint density at radius 1 is 0.962 bits per heavy atom. The van der Waals surface area contributed by atoms with E-state index in [1.54, 1.807) is 11.3 Å². The number of carbonyl (C=O) groups excluding carboxylic acids is 1. The second-order valence-corrected chi connectivity index (χ2v) is 7.51. The van der Waals surface area contributed by atoms with Gasteiger partial charge < -0.3 is 9.80 Å². The van der Waals surface area contributed by atoms with Crippen LogP contribution in [0.25, 0.3) is 11.3 Å². The number of rotatable bonds is 3. The third kappa shape index (κ3) is 3.48. The maximum atomic E-state index is 12.8. The van der Waals surface area contributed by atoms with Crippen LogP contribution in [0.3, 0.4) is 0 Å². The highest BCUT2D eigenvalue weighted by Gasteiger charge is 2.22. The van der Waals surface area contributed by atoms with Gasteiger partial charge in [-0.25, -0.2) is 4.98 Å². The number of hydrogen-bond acceptors (Lipinski definition) is 4. The molecular formula is C21H21N3OS. The zero-order valence-electron chi connectivity index (χ0n) is 14.8. The number of hydrogen-bond donors (Lipinski definition) is 0. The zero-order chi connectivity index (χ0) is 17.9. The number of carbonyl (C=O) groups is 1. The Kier molecular flexibility index (Phi) is 4.71. The third-order valence-corrected chi connectivity index (χ3v) is 5.51. The Balaban J connectivity index is 1.40. The number of thiazole rings is 1. The lowest BCUT2D eigenvalue weighted by molar-refractivity contribution is 0.0747. The van der Waals surface area contributed by atoms with E-state index in [2.05, 4.69) is 39.5 Å². The van der Waals surface area contributed by atoms with Crippen molar-refractivity contribution in [3.05, 3.63) is 70.5 Å². The van der Waals surface area contributed by atoms with Crippen LogP contribution in [0.5, 0.6) is 0 Å². The first kappa shape index (κ1) is 16.8. The zero-order valence-corrected chi connectivity index (χ0v) is 15.6. The predicted molar refractivity (Wildman–Crippen MR) is 107 cm³/mol. The van der Waals surface area contributed by atoms with Gasteiger partial charge in [0.15, 0.2) is 0 Å². The van der Waals surface area contributed by atoms with E-state index in [1.165, 1.54) is 5.69 Å². The van der Waals surface area contributed by atoms with Crippen molar-refractivity contribution in [3.63, 3.8) is 0 Å². The van der Waals surface area contributed by atoms with Gasteiger partial charge in [0, 0.05) is 48.4 Å². The summed E-state index contributed by atoms with van der Waals surface area (Å²) in [6, 6.07) is 18.2. The quantitative estimate of drug-likeness (QED) is 0.703. The highest BCUT2D eigenvalue weighted by atomic mass is 32.1. The van der Waals surface area contributed by atoms with E-state index < -0.39 is 0 Å². The Labute approximate surface area is 157 Å². The molecule has 1 aliphatic heterocycles. The van der Waals surface area contributed by atoms with Crippen molar-refractivity contribution in [1.29, 1.82) is 0 Å². The van der Waals surface area contributed by atoms with Crippen LogP contribution in [0.15, 0.2) is 60.0 Å². The molecule has 0 saturated carbocycles. The minimum Gasteiger partial charge on any atom is -0.368 e. The molecule has 0 bridgehead atoms. The van der Waals surface area contributed by atoms with E-state index in [1.807, 2.05) is 42.2 Å². The van der Waals surface area contributed by atoms with E-state index in [9.17, 15) is 4.79 Å². The smallest absolute Gasteiger partial charge is 0.253 e. The number of anilines is 1. The number of piperazine rings is 1. The molecule has 2 aromatic carbocycles. The largest absolute Gasteiger partial charge is 0.368 e. The molecule has 1 aromatic heterocycles. The average Bonchev–Trinajstić information content (AvgIpc) is 3.15. The fourth-order valence-corrected chi connectivity index (χ4v) is 3.89. The monoisotopic (exact) mass is 363 g/mol. The molecule has 3 aromatic rings. The van der Waals surface area contributed by atoms with Crippen LogP contribution in [0.1, 0.15) is 15.4 Å². The molecule has 2 heterocycles. The molecule has 1 aliphatic rings. The molecule has 0 aliphatic carbocycles. The van der Waals surface area contributed by atoms with Gasteiger partial charge in [-0.3, -0.25) is 4.79 Å². The van der Waals surface area contributed by atoms with Crippen LogP contribution in [-0.2, 0) is 0 Å². The maximum Gasteiger partial charge on any atom is 0.253 e. The van der Waals surface area contributed by atoms with Gasteiger partial charge in [-0.05, 0) is 31.2 Å². The highest BCUT2D eigenvalue weighted by molar-refractivity contribution is 7.09. The van der Waals surface area contributed by atoms with Gasteiger partial charge in [0.25, 0.3) is 5.91 Å². The minimum absolute atomic E-state index is 0.110. The fraction of sp³-hybridized carbons (Fsp3) is 0.238. The summed E-state index contributed by atoms with van der Waals surface area (Å²) in [5.41, 5.74) is 4.00. The van der Waals surface area contributed by atoms with E-state index in [-0.39, 0.29) is 5.91 Å². The summed E-state index contributed by atoms with van der Waals surface area (Å²) in [6.07, 6.45) is 0. The molecule has 5 heteroatoms. The molecule has 26 heavy (non-hydrogen) atoms. The summed E-state index contributed by atoms with van der Waals surface area (Å²) < 4.78 is 0. The molecule has 132 valence electrons.